The summed E-state index contributed by atoms with van der Waals surface area (Å²) in [4.78, 5) is 0. The van der Waals surface area contributed by atoms with Crippen LogP contribution in [0.15, 0.2) is 0 Å². The molecule has 0 amide bonds. The van der Waals surface area contributed by atoms with Crippen LogP contribution in [-0.2, 0) is 9.47 Å². The molecular formula is C7H10O2. The first-order valence-electron chi connectivity index (χ1n) is 3.70. The van der Waals surface area contributed by atoms with Gasteiger partial charge in [-0.2, -0.15) is 0 Å². The van der Waals surface area contributed by atoms with Gasteiger partial charge in [-0.3, -0.25) is 0 Å². The first kappa shape index (κ1) is 4.69. The Hall–Kier alpha value is -0.0800. The molecule has 9 heavy (non-hydrogen) atoms. The molecule has 0 spiro atoms. The molecule has 0 N–H and O–H groups in total. The predicted octanol–water partition coefficient (Wildman–Crippen LogP) is 0.563. The zero-order valence-electron chi connectivity index (χ0n) is 5.25. The second-order valence-electron chi connectivity index (χ2n) is 3.33. The van der Waals surface area contributed by atoms with Gasteiger partial charge in [-0.1, -0.05) is 0 Å². The molecule has 0 aromatic rings. The molecule has 0 aromatic carbocycles. The first-order chi connectivity index (χ1) is 4.43. The number of hydrogen-bond donors (Lipinski definition) is 0. The molecule has 3 heterocycles. The van der Waals surface area contributed by atoms with Crippen molar-refractivity contribution < 1.29 is 9.47 Å². The molecule has 3 fully saturated rings. The van der Waals surface area contributed by atoms with Crippen LogP contribution in [0.3, 0.4) is 0 Å². The molecule has 3 aliphatic heterocycles. The van der Waals surface area contributed by atoms with Crippen LogP contribution >= 0.6 is 0 Å². The van der Waals surface area contributed by atoms with Crippen LogP contribution in [0.5, 0.6) is 0 Å². The SMILES string of the molecule is C1OC2CC3CC1C2O3. The quantitative estimate of drug-likeness (QED) is 0.472. The maximum Gasteiger partial charge on any atom is 0.0892 e. The van der Waals surface area contributed by atoms with Crippen molar-refractivity contribution >= 4 is 0 Å². The minimum atomic E-state index is 0.480. The van der Waals surface area contributed by atoms with Crippen LogP contribution in [0.2, 0.25) is 0 Å². The molecule has 2 nitrogen and oxygen atoms in total. The smallest absolute Gasteiger partial charge is 0.0892 e. The molecule has 3 aliphatic rings. The fourth-order valence-corrected chi connectivity index (χ4v) is 2.37. The van der Waals surface area contributed by atoms with Crippen molar-refractivity contribution in [2.24, 2.45) is 5.92 Å². The van der Waals surface area contributed by atoms with Crippen molar-refractivity contribution in [3.8, 4) is 0 Å². The molecular weight excluding hydrogens is 116 g/mol. The summed E-state index contributed by atoms with van der Waals surface area (Å²) in [6, 6.07) is 0. The summed E-state index contributed by atoms with van der Waals surface area (Å²) in [5.41, 5.74) is 0. The van der Waals surface area contributed by atoms with Crippen LogP contribution < -0.4 is 0 Å². The van der Waals surface area contributed by atoms with E-state index in [-0.39, 0.29) is 0 Å². The van der Waals surface area contributed by atoms with Gasteiger partial charge in [0.05, 0.1) is 24.9 Å². The minimum Gasteiger partial charge on any atom is -0.375 e. The fraction of sp³-hybridized carbons (Fsp3) is 1.00. The Morgan fingerprint density at radius 2 is 2.22 bits per heavy atom. The molecule has 0 saturated carbocycles. The van der Waals surface area contributed by atoms with E-state index in [1.807, 2.05) is 0 Å². The van der Waals surface area contributed by atoms with Gasteiger partial charge < -0.3 is 9.47 Å². The molecule has 4 unspecified atom stereocenters. The average Bonchev–Trinajstić information content (AvgIpc) is 2.35. The van der Waals surface area contributed by atoms with Crippen LogP contribution in [0.25, 0.3) is 0 Å². The summed E-state index contributed by atoms with van der Waals surface area (Å²) in [5.74, 6) is 0.758. The third-order valence-corrected chi connectivity index (χ3v) is 2.77. The lowest BCUT2D eigenvalue weighted by Crippen LogP contribution is -2.21. The van der Waals surface area contributed by atoms with Crippen molar-refractivity contribution in [2.45, 2.75) is 31.2 Å². The Balaban J connectivity index is 2.02. The Bertz CT molecular complexity index is 129. The summed E-state index contributed by atoms with van der Waals surface area (Å²) >= 11 is 0. The largest absolute Gasteiger partial charge is 0.375 e. The highest BCUT2D eigenvalue weighted by atomic mass is 16.6. The standard InChI is InChI=1S/C7H10O2/c1-4-3-8-6-2-5(1)9-7(4)6/h4-7H,1-3H2. The van der Waals surface area contributed by atoms with Gasteiger partial charge in [0, 0.05) is 12.3 Å². The van der Waals surface area contributed by atoms with Crippen molar-refractivity contribution in [3.63, 3.8) is 0 Å². The summed E-state index contributed by atoms with van der Waals surface area (Å²) in [7, 11) is 0. The zero-order chi connectivity index (χ0) is 5.84. The van der Waals surface area contributed by atoms with E-state index >= 15 is 0 Å². The molecule has 3 saturated heterocycles. The van der Waals surface area contributed by atoms with Gasteiger partial charge in [0.2, 0.25) is 0 Å². The van der Waals surface area contributed by atoms with E-state index in [9.17, 15) is 0 Å². The summed E-state index contributed by atoms with van der Waals surface area (Å²) in [6.07, 6.45) is 3.97. The third-order valence-electron chi connectivity index (χ3n) is 2.77. The normalized spacial score (nSPS) is 61.3. The highest BCUT2D eigenvalue weighted by Gasteiger charge is 2.52. The van der Waals surface area contributed by atoms with Gasteiger partial charge in [0.25, 0.3) is 0 Å². The van der Waals surface area contributed by atoms with Gasteiger partial charge in [-0.15, -0.1) is 0 Å². The fourth-order valence-electron chi connectivity index (χ4n) is 2.37. The van der Waals surface area contributed by atoms with Gasteiger partial charge in [0.1, 0.15) is 0 Å². The topological polar surface area (TPSA) is 18.5 Å². The second kappa shape index (κ2) is 1.32. The van der Waals surface area contributed by atoms with E-state index in [4.69, 9.17) is 9.47 Å². The molecule has 3 rings (SSSR count). The van der Waals surface area contributed by atoms with Crippen LogP contribution in [-0.4, -0.2) is 24.9 Å². The summed E-state index contributed by atoms with van der Waals surface area (Å²) < 4.78 is 11.1. The van der Waals surface area contributed by atoms with Gasteiger partial charge in [0.15, 0.2) is 0 Å². The number of rotatable bonds is 0. The Labute approximate surface area is 54.1 Å². The van der Waals surface area contributed by atoms with Gasteiger partial charge in [-0.25, -0.2) is 0 Å². The van der Waals surface area contributed by atoms with E-state index in [1.165, 1.54) is 12.8 Å². The van der Waals surface area contributed by atoms with Gasteiger partial charge in [-0.05, 0) is 6.42 Å². The van der Waals surface area contributed by atoms with Crippen LogP contribution in [0.1, 0.15) is 12.8 Å². The van der Waals surface area contributed by atoms with Crippen molar-refractivity contribution in [1.29, 1.82) is 0 Å². The van der Waals surface area contributed by atoms with Gasteiger partial charge >= 0.3 is 0 Å². The molecule has 0 aromatic heterocycles. The second-order valence-corrected chi connectivity index (χ2v) is 3.33. The van der Waals surface area contributed by atoms with Crippen molar-refractivity contribution in [3.05, 3.63) is 0 Å². The molecule has 2 heteroatoms. The minimum absolute atomic E-state index is 0.480. The van der Waals surface area contributed by atoms with Crippen molar-refractivity contribution in [2.75, 3.05) is 6.61 Å². The molecule has 0 aliphatic carbocycles. The predicted molar refractivity (Wildman–Crippen MR) is 31.1 cm³/mol. The highest BCUT2D eigenvalue weighted by Crippen LogP contribution is 2.44. The summed E-state index contributed by atoms with van der Waals surface area (Å²) in [5, 5.41) is 0. The van der Waals surface area contributed by atoms with Crippen LogP contribution in [0, 0.1) is 5.92 Å². The monoisotopic (exact) mass is 126 g/mol. The maximum atomic E-state index is 5.63. The highest BCUT2D eigenvalue weighted by molar-refractivity contribution is 5.00. The lowest BCUT2D eigenvalue weighted by molar-refractivity contribution is 0.0655. The number of hydrogen-bond acceptors (Lipinski definition) is 2. The lowest BCUT2D eigenvalue weighted by Gasteiger charge is -2.09. The molecule has 4 atom stereocenters. The number of ether oxygens (including phenoxy) is 2. The number of fused-ring (bicyclic) bond motifs is 1. The van der Waals surface area contributed by atoms with Crippen molar-refractivity contribution in [1.82, 2.24) is 0 Å². The average molecular weight is 126 g/mol. The van der Waals surface area contributed by atoms with E-state index < -0.39 is 0 Å². The van der Waals surface area contributed by atoms with E-state index in [2.05, 4.69) is 0 Å². The zero-order valence-corrected chi connectivity index (χ0v) is 5.25. The first-order valence-corrected chi connectivity index (χ1v) is 3.70. The lowest BCUT2D eigenvalue weighted by atomic mass is 9.91. The Morgan fingerprint density at radius 3 is 2.89 bits per heavy atom. The molecule has 0 radical (unpaired) electrons. The van der Waals surface area contributed by atoms with E-state index in [0.29, 0.717) is 18.3 Å². The van der Waals surface area contributed by atoms with Crippen LogP contribution in [0.4, 0.5) is 0 Å². The summed E-state index contributed by atoms with van der Waals surface area (Å²) in [6.45, 7) is 0.964. The molecule has 50 valence electrons. The Kier molecular flexibility index (Phi) is 0.691. The Morgan fingerprint density at radius 1 is 1.22 bits per heavy atom. The molecule has 2 bridgehead atoms. The third kappa shape index (κ3) is 0.447. The maximum absolute atomic E-state index is 5.63. The van der Waals surface area contributed by atoms with E-state index in [0.717, 1.165) is 12.5 Å². The van der Waals surface area contributed by atoms with E-state index in [1.54, 1.807) is 0 Å².